The molecule has 2 heterocycles. The molecule has 2 atom stereocenters. The summed E-state index contributed by atoms with van der Waals surface area (Å²) in [6, 6.07) is 0.675. The van der Waals surface area contributed by atoms with Gasteiger partial charge in [0.05, 0.1) is 12.5 Å². The predicted molar refractivity (Wildman–Crippen MR) is 49.3 cm³/mol. The van der Waals surface area contributed by atoms with Crippen molar-refractivity contribution in [3.8, 4) is 0 Å². The standard InChI is InChI=1S/C10H17NO2/c1-2-13-10(12)8-6-9-4-3-5-11(9)7-8/h8-9H,2-7H2,1H3/t8-,9-/m0/s1. The number of carbonyl (C=O) groups is 1. The van der Waals surface area contributed by atoms with E-state index in [4.69, 9.17) is 4.74 Å². The number of nitrogens with zero attached hydrogens (tertiary/aromatic N) is 1. The highest BCUT2D eigenvalue weighted by Crippen LogP contribution is 2.31. The van der Waals surface area contributed by atoms with Crippen molar-refractivity contribution in [3.63, 3.8) is 0 Å². The normalized spacial score (nSPS) is 33.3. The lowest BCUT2D eigenvalue weighted by Gasteiger charge is -2.12. The summed E-state index contributed by atoms with van der Waals surface area (Å²) in [6.45, 7) is 4.50. The molecule has 2 saturated heterocycles. The molecule has 2 rings (SSSR count). The highest BCUT2D eigenvalue weighted by atomic mass is 16.5. The van der Waals surface area contributed by atoms with E-state index in [2.05, 4.69) is 4.90 Å². The van der Waals surface area contributed by atoms with E-state index in [1.807, 2.05) is 6.92 Å². The summed E-state index contributed by atoms with van der Waals surface area (Å²) in [5.41, 5.74) is 0. The first-order valence-corrected chi connectivity index (χ1v) is 5.22. The van der Waals surface area contributed by atoms with E-state index in [0.717, 1.165) is 13.0 Å². The second-order valence-electron chi connectivity index (χ2n) is 3.98. The fourth-order valence-corrected chi connectivity index (χ4v) is 2.52. The average Bonchev–Trinajstić information content (AvgIpc) is 2.61. The Morgan fingerprint density at radius 2 is 2.46 bits per heavy atom. The number of ether oxygens (including phenoxy) is 1. The van der Waals surface area contributed by atoms with Crippen LogP contribution >= 0.6 is 0 Å². The van der Waals surface area contributed by atoms with Crippen LogP contribution in [0.25, 0.3) is 0 Å². The molecule has 74 valence electrons. The molecule has 0 unspecified atom stereocenters. The lowest BCUT2D eigenvalue weighted by atomic mass is 10.0. The number of hydrogen-bond acceptors (Lipinski definition) is 3. The molecule has 13 heavy (non-hydrogen) atoms. The van der Waals surface area contributed by atoms with Crippen molar-refractivity contribution in [2.45, 2.75) is 32.2 Å². The van der Waals surface area contributed by atoms with Crippen LogP contribution in [-0.2, 0) is 9.53 Å². The van der Waals surface area contributed by atoms with Gasteiger partial charge in [0.1, 0.15) is 0 Å². The summed E-state index contributed by atoms with van der Waals surface area (Å²) in [7, 11) is 0. The zero-order valence-electron chi connectivity index (χ0n) is 8.16. The van der Waals surface area contributed by atoms with Crippen molar-refractivity contribution < 1.29 is 9.53 Å². The van der Waals surface area contributed by atoms with Gasteiger partial charge in [0.2, 0.25) is 0 Å². The zero-order chi connectivity index (χ0) is 9.26. The van der Waals surface area contributed by atoms with Crippen LogP contribution in [0.4, 0.5) is 0 Å². The fraction of sp³-hybridized carbons (Fsp3) is 0.900. The van der Waals surface area contributed by atoms with Crippen LogP contribution in [0.3, 0.4) is 0 Å². The van der Waals surface area contributed by atoms with Crippen LogP contribution in [0.5, 0.6) is 0 Å². The molecule has 0 aliphatic carbocycles. The van der Waals surface area contributed by atoms with E-state index < -0.39 is 0 Å². The Morgan fingerprint density at radius 1 is 1.62 bits per heavy atom. The molecule has 0 spiro atoms. The van der Waals surface area contributed by atoms with Gasteiger partial charge < -0.3 is 4.74 Å². The Morgan fingerprint density at radius 3 is 3.15 bits per heavy atom. The summed E-state index contributed by atoms with van der Waals surface area (Å²) >= 11 is 0. The number of hydrogen-bond donors (Lipinski definition) is 0. The van der Waals surface area contributed by atoms with Gasteiger partial charge in [0, 0.05) is 12.6 Å². The first-order valence-electron chi connectivity index (χ1n) is 5.22. The summed E-state index contributed by atoms with van der Waals surface area (Å²) in [5.74, 6) is 0.169. The zero-order valence-corrected chi connectivity index (χ0v) is 8.16. The minimum absolute atomic E-state index is 0.0110. The average molecular weight is 183 g/mol. The van der Waals surface area contributed by atoms with Gasteiger partial charge in [-0.15, -0.1) is 0 Å². The molecule has 0 aromatic carbocycles. The molecular weight excluding hydrogens is 166 g/mol. The largest absolute Gasteiger partial charge is 0.466 e. The molecular formula is C10H17NO2. The van der Waals surface area contributed by atoms with Gasteiger partial charge >= 0.3 is 5.97 Å². The van der Waals surface area contributed by atoms with Crippen molar-refractivity contribution >= 4 is 5.97 Å². The van der Waals surface area contributed by atoms with Crippen LogP contribution in [-0.4, -0.2) is 36.6 Å². The molecule has 2 aliphatic heterocycles. The molecule has 0 N–H and O–H groups in total. The van der Waals surface area contributed by atoms with E-state index in [-0.39, 0.29) is 11.9 Å². The third kappa shape index (κ3) is 1.70. The van der Waals surface area contributed by atoms with E-state index in [1.165, 1.54) is 19.4 Å². The molecule has 0 bridgehead atoms. The smallest absolute Gasteiger partial charge is 0.310 e. The number of fused-ring (bicyclic) bond motifs is 1. The molecule has 0 radical (unpaired) electrons. The van der Waals surface area contributed by atoms with Gasteiger partial charge in [-0.25, -0.2) is 0 Å². The lowest BCUT2D eigenvalue weighted by Crippen LogP contribution is -2.24. The Kier molecular flexibility index (Phi) is 2.54. The summed E-state index contributed by atoms with van der Waals surface area (Å²) in [5, 5.41) is 0. The molecule has 0 saturated carbocycles. The molecule has 0 aromatic heterocycles. The third-order valence-electron chi connectivity index (χ3n) is 3.13. The SMILES string of the molecule is CCOC(=O)[C@H]1C[C@@H]2CCCN2C1. The van der Waals surface area contributed by atoms with Crippen LogP contribution in [0.2, 0.25) is 0 Å². The third-order valence-corrected chi connectivity index (χ3v) is 3.13. The molecule has 0 amide bonds. The maximum Gasteiger partial charge on any atom is 0.310 e. The first kappa shape index (κ1) is 9.00. The monoisotopic (exact) mass is 183 g/mol. The van der Waals surface area contributed by atoms with Gasteiger partial charge in [0.15, 0.2) is 0 Å². The lowest BCUT2D eigenvalue weighted by molar-refractivity contribution is -0.147. The van der Waals surface area contributed by atoms with E-state index >= 15 is 0 Å². The van der Waals surface area contributed by atoms with Crippen LogP contribution in [0, 0.1) is 5.92 Å². The van der Waals surface area contributed by atoms with Crippen LogP contribution in [0.15, 0.2) is 0 Å². The number of rotatable bonds is 2. The van der Waals surface area contributed by atoms with Crippen LogP contribution < -0.4 is 0 Å². The topological polar surface area (TPSA) is 29.5 Å². The van der Waals surface area contributed by atoms with Gasteiger partial charge in [-0.1, -0.05) is 0 Å². The summed E-state index contributed by atoms with van der Waals surface area (Å²) < 4.78 is 5.03. The van der Waals surface area contributed by atoms with Crippen molar-refractivity contribution in [2.75, 3.05) is 19.7 Å². The minimum atomic E-state index is 0.0110. The Hall–Kier alpha value is -0.570. The van der Waals surface area contributed by atoms with Gasteiger partial charge in [-0.3, -0.25) is 9.69 Å². The molecule has 0 aromatic rings. The Balaban J connectivity index is 1.87. The molecule has 2 fully saturated rings. The maximum atomic E-state index is 11.4. The van der Waals surface area contributed by atoms with E-state index in [1.54, 1.807) is 0 Å². The van der Waals surface area contributed by atoms with E-state index in [9.17, 15) is 4.79 Å². The maximum absolute atomic E-state index is 11.4. The highest BCUT2D eigenvalue weighted by Gasteiger charge is 2.38. The predicted octanol–water partition coefficient (Wildman–Crippen LogP) is 1.03. The highest BCUT2D eigenvalue weighted by molar-refractivity contribution is 5.73. The quantitative estimate of drug-likeness (QED) is 0.599. The van der Waals surface area contributed by atoms with Gasteiger partial charge in [0.25, 0.3) is 0 Å². The summed E-state index contributed by atoms with van der Waals surface area (Å²) in [6.07, 6.45) is 3.61. The van der Waals surface area contributed by atoms with Gasteiger partial charge in [-0.2, -0.15) is 0 Å². The molecule has 3 nitrogen and oxygen atoms in total. The second-order valence-corrected chi connectivity index (χ2v) is 3.98. The number of carbonyl (C=O) groups excluding carboxylic acids is 1. The second kappa shape index (κ2) is 3.66. The van der Waals surface area contributed by atoms with Crippen LogP contribution in [0.1, 0.15) is 26.2 Å². The summed E-state index contributed by atoms with van der Waals surface area (Å²) in [4.78, 5) is 13.9. The Labute approximate surface area is 79.0 Å². The van der Waals surface area contributed by atoms with Crippen molar-refractivity contribution in [2.24, 2.45) is 5.92 Å². The molecule has 3 heteroatoms. The fourth-order valence-electron chi connectivity index (χ4n) is 2.52. The van der Waals surface area contributed by atoms with Crippen molar-refractivity contribution in [3.05, 3.63) is 0 Å². The van der Waals surface area contributed by atoms with E-state index in [0.29, 0.717) is 12.6 Å². The molecule has 2 aliphatic rings. The Bertz CT molecular complexity index is 193. The first-order chi connectivity index (χ1) is 6.31. The van der Waals surface area contributed by atoms with Crippen molar-refractivity contribution in [1.82, 2.24) is 4.90 Å². The number of esters is 1. The minimum Gasteiger partial charge on any atom is -0.466 e. The van der Waals surface area contributed by atoms with Gasteiger partial charge in [-0.05, 0) is 32.7 Å². The van der Waals surface area contributed by atoms with Crippen molar-refractivity contribution in [1.29, 1.82) is 0 Å².